The number of rotatable bonds is 3. The highest BCUT2D eigenvalue weighted by Gasteiger charge is 2.43. The first-order valence-electron chi connectivity index (χ1n) is 5.02. The fourth-order valence-electron chi connectivity index (χ4n) is 1.78. The maximum atomic E-state index is 12.2. The van der Waals surface area contributed by atoms with Crippen molar-refractivity contribution in [2.75, 3.05) is 6.54 Å². The lowest BCUT2D eigenvalue weighted by atomic mass is 9.96. The Morgan fingerprint density at radius 3 is 2.50 bits per heavy atom. The Bertz CT molecular complexity index is 385. The highest BCUT2D eigenvalue weighted by Crippen LogP contribution is 2.48. The van der Waals surface area contributed by atoms with Crippen molar-refractivity contribution in [1.82, 2.24) is 0 Å². The second-order valence-corrected chi connectivity index (χ2v) is 5.20. The van der Waals surface area contributed by atoms with Crippen LogP contribution < -0.4 is 5.73 Å². The number of hydrogen-bond acceptors (Lipinski definition) is 2. The average Bonchev–Trinajstić information content (AvgIpc) is 2.96. The van der Waals surface area contributed by atoms with Gasteiger partial charge in [0.25, 0.3) is 0 Å². The van der Waals surface area contributed by atoms with Gasteiger partial charge in [0.1, 0.15) is 0 Å². The summed E-state index contributed by atoms with van der Waals surface area (Å²) in [5.41, 5.74) is 2.31. The lowest BCUT2D eigenvalue weighted by molar-refractivity contribution is -0.0328. The minimum Gasteiger partial charge on any atom is -0.330 e. The van der Waals surface area contributed by atoms with E-state index in [1.807, 2.05) is 6.07 Å². The van der Waals surface area contributed by atoms with E-state index in [9.17, 15) is 13.2 Å². The van der Waals surface area contributed by atoms with Crippen molar-refractivity contribution in [3.05, 3.63) is 29.8 Å². The molecule has 0 heterocycles. The Kier molecular flexibility index (Phi) is 2.92. The molecule has 2 rings (SSSR count). The molecule has 88 valence electrons. The van der Waals surface area contributed by atoms with Gasteiger partial charge < -0.3 is 5.73 Å². The van der Waals surface area contributed by atoms with Gasteiger partial charge >= 0.3 is 5.51 Å². The van der Waals surface area contributed by atoms with Crippen molar-refractivity contribution in [2.45, 2.75) is 28.7 Å². The van der Waals surface area contributed by atoms with E-state index in [0.717, 1.165) is 18.4 Å². The third-order valence-electron chi connectivity index (χ3n) is 2.92. The molecule has 1 nitrogen and oxygen atoms in total. The standard InChI is InChI=1S/C11H12F3NS/c12-11(13,14)16-9-3-1-2-8(6-9)10(7-15)4-5-10/h1-3,6H,4-5,7,15H2. The zero-order valence-corrected chi connectivity index (χ0v) is 9.37. The second-order valence-electron chi connectivity index (χ2n) is 4.06. The van der Waals surface area contributed by atoms with Gasteiger partial charge in [-0.15, -0.1) is 0 Å². The monoisotopic (exact) mass is 247 g/mol. The van der Waals surface area contributed by atoms with Crippen LogP contribution in [0.4, 0.5) is 13.2 Å². The summed E-state index contributed by atoms with van der Waals surface area (Å²) < 4.78 is 36.6. The molecule has 1 saturated carbocycles. The van der Waals surface area contributed by atoms with Crippen LogP contribution in [0, 0.1) is 0 Å². The van der Waals surface area contributed by atoms with Crippen LogP contribution in [-0.4, -0.2) is 12.1 Å². The van der Waals surface area contributed by atoms with E-state index in [0.29, 0.717) is 6.54 Å². The molecule has 5 heteroatoms. The van der Waals surface area contributed by atoms with E-state index in [1.54, 1.807) is 12.1 Å². The first kappa shape index (κ1) is 11.8. The molecule has 0 unspecified atom stereocenters. The molecule has 0 saturated heterocycles. The van der Waals surface area contributed by atoms with E-state index < -0.39 is 5.51 Å². The van der Waals surface area contributed by atoms with E-state index in [-0.39, 0.29) is 22.1 Å². The first-order chi connectivity index (χ1) is 7.45. The van der Waals surface area contributed by atoms with Crippen molar-refractivity contribution in [3.8, 4) is 0 Å². The van der Waals surface area contributed by atoms with Gasteiger partial charge in [-0.1, -0.05) is 12.1 Å². The minimum atomic E-state index is -4.22. The van der Waals surface area contributed by atoms with E-state index in [4.69, 9.17) is 5.73 Å². The molecule has 0 atom stereocenters. The third kappa shape index (κ3) is 2.52. The minimum absolute atomic E-state index is 0.0534. The highest BCUT2D eigenvalue weighted by molar-refractivity contribution is 8.00. The Morgan fingerprint density at radius 2 is 2.00 bits per heavy atom. The Hall–Kier alpha value is -0.680. The second kappa shape index (κ2) is 3.96. The van der Waals surface area contributed by atoms with Crippen LogP contribution in [-0.2, 0) is 5.41 Å². The first-order valence-corrected chi connectivity index (χ1v) is 5.83. The number of hydrogen-bond donors (Lipinski definition) is 1. The fraction of sp³-hybridized carbons (Fsp3) is 0.455. The molecular weight excluding hydrogens is 235 g/mol. The molecule has 1 aliphatic carbocycles. The van der Waals surface area contributed by atoms with E-state index in [2.05, 4.69) is 0 Å². The molecule has 1 aliphatic rings. The molecule has 1 aromatic rings. The van der Waals surface area contributed by atoms with Gasteiger partial charge in [-0.25, -0.2) is 0 Å². The van der Waals surface area contributed by atoms with Crippen molar-refractivity contribution < 1.29 is 13.2 Å². The van der Waals surface area contributed by atoms with Gasteiger partial charge in [0, 0.05) is 16.9 Å². The maximum absolute atomic E-state index is 12.2. The van der Waals surface area contributed by atoms with Gasteiger partial charge in [-0.2, -0.15) is 13.2 Å². The molecule has 2 N–H and O–H groups in total. The van der Waals surface area contributed by atoms with Crippen LogP contribution >= 0.6 is 11.8 Å². The predicted molar refractivity (Wildman–Crippen MR) is 58.3 cm³/mol. The summed E-state index contributed by atoms with van der Waals surface area (Å²) in [6.45, 7) is 0.507. The summed E-state index contributed by atoms with van der Waals surface area (Å²) in [6, 6.07) is 6.62. The van der Waals surface area contributed by atoms with Gasteiger partial charge in [0.05, 0.1) is 0 Å². The summed E-state index contributed by atoms with van der Waals surface area (Å²) in [5.74, 6) is 0. The normalized spacial score (nSPS) is 18.5. The van der Waals surface area contributed by atoms with Crippen LogP contribution in [0.1, 0.15) is 18.4 Å². The summed E-state index contributed by atoms with van der Waals surface area (Å²) in [7, 11) is 0. The molecule has 0 aromatic heterocycles. The molecular formula is C11H12F3NS. The van der Waals surface area contributed by atoms with Crippen molar-refractivity contribution in [2.24, 2.45) is 5.73 Å². The lowest BCUT2D eigenvalue weighted by Gasteiger charge is -2.14. The molecule has 0 amide bonds. The topological polar surface area (TPSA) is 26.0 Å². The van der Waals surface area contributed by atoms with Gasteiger partial charge in [-0.3, -0.25) is 0 Å². The number of benzene rings is 1. The smallest absolute Gasteiger partial charge is 0.330 e. The zero-order valence-electron chi connectivity index (χ0n) is 8.55. The molecule has 0 radical (unpaired) electrons. The molecule has 0 spiro atoms. The van der Waals surface area contributed by atoms with Crippen molar-refractivity contribution in [3.63, 3.8) is 0 Å². The SMILES string of the molecule is NCC1(c2cccc(SC(F)(F)F)c2)CC1. The summed E-state index contributed by atoms with van der Waals surface area (Å²) in [5, 5.41) is 0. The summed E-state index contributed by atoms with van der Waals surface area (Å²) in [6.07, 6.45) is 1.95. The summed E-state index contributed by atoms with van der Waals surface area (Å²) >= 11 is -0.0715. The van der Waals surface area contributed by atoms with E-state index in [1.165, 1.54) is 6.07 Å². The predicted octanol–water partition coefficient (Wildman–Crippen LogP) is 3.29. The highest BCUT2D eigenvalue weighted by atomic mass is 32.2. The number of alkyl halides is 3. The number of halogens is 3. The molecule has 16 heavy (non-hydrogen) atoms. The van der Waals surface area contributed by atoms with Crippen molar-refractivity contribution in [1.29, 1.82) is 0 Å². The Morgan fingerprint density at radius 1 is 1.31 bits per heavy atom. The van der Waals surface area contributed by atoms with Crippen LogP contribution in [0.15, 0.2) is 29.2 Å². The van der Waals surface area contributed by atoms with Crippen LogP contribution in [0.5, 0.6) is 0 Å². The van der Waals surface area contributed by atoms with Crippen LogP contribution in [0.3, 0.4) is 0 Å². The molecule has 0 aliphatic heterocycles. The fourth-order valence-corrected chi connectivity index (χ4v) is 2.38. The van der Waals surface area contributed by atoms with Crippen molar-refractivity contribution >= 4 is 11.8 Å². The maximum Gasteiger partial charge on any atom is 0.446 e. The van der Waals surface area contributed by atoms with Gasteiger partial charge in [0.15, 0.2) is 0 Å². The van der Waals surface area contributed by atoms with Gasteiger partial charge in [0.2, 0.25) is 0 Å². The van der Waals surface area contributed by atoms with E-state index >= 15 is 0 Å². The molecule has 1 fully saturated rings. The molecule has 1 aromatic carbocycles. The number of thioether (sulfide) groups is 1. The lowest BCUT2D eigenvalue weighted by Crippen LogP contribution is -2.19. The Labute approximate surface area is 96.2 Å². The number of nitrogens with two attached hydrogens (primary N) is 1. The third-order valence-corrected chi connectivity index (χ3v) is 3.65. The zero-order chi connectivity index (χ0) is 11.8. The Balaban J connectivity index is 2.20. The van der Waals surface area contributed by atoms with Crippen LogP contribution in [0.2, 0.25) is 0 Å². The summed E-state index contributed by atoms with van der Waals surface area (Å²) in [4.78, 5) is 0.240. The quantitative estimate of drug-likeness (QED) is 0.829. The van der Waals surface area contributed by atoms with Crippen LogP contribution in [0.25, 0.3) is 0 Å². The largest absolute Gasteiger partial charge is 0.446 e. The van der Waals surface area contributed by atoms with Gasteiger partial charge in [-0.05, 0) is 42.3 Å². The average molecular weight is 247 g/mol. The molecule has 0 bridgehead atoms.